The minimum absolute atomic E-state index is 0.00812. The predicted molar refractivity (Wildman–Crippen MR) is 99.0 cm³/mol. The molecular weight excluding hydrogens is 316 g/mol. The molecule has 0 atom stereocenters. The van der Waals surface area contributed by atoms with Crippen molar-refractivity contribution in [2.24, 2.45) is 5.41 Å². The number of carbonyl (C=O) groups excluding carboxylic acids is 1. The number of nitrogens with zero attached hydrogens (tertiary/aromatic N) is 1. The maximum Gasteiger partial charge on any atom is 0.321 e. The lowest BCUT2D eigenvalue weighted by Gasteiger charge is -2.40. The van der Waals surface area contributed by atoms with Crippen LogP contribution in [0.4, 0.5) is 10.5 Å². The Morgan fingerprint density at radius 3 is 2.68 bits per heavy atom. The van der Waals surface area contributed by atoms with E-state index in [4.69, 9.17) is 4.74 Å². The summed E-state index contributed by atoms with van der Waals surface area (Å²) in [5, 5.41) is 12.6. The van der Waals surface area contributed by atoms with Crippen molar-refractivity contribution in [1.82, 2.24) is 4.90 Å². The molecule has 2 N–H and O–H groups in total. The minimum Gasteiger partial charge on any atom is -0.490 e. The highest BCUT2D eigenvalue weighted by atomic mass is 16.5. The van der Waals surface area contributed by atoms with Crippen LogP contribution < -0.4 is 10.1 Å². The summed E-state index contributed by atoms with van der Waals surface area (Å²) in [6.07, 6.45) is 7.71. The fourth-order valence-corrected chi connectivity index (χ4v) is 3.86. The molecule has 0 radical (unpaired) electrons. The first-order chi connectivity index (χ1) is 12.1. The average molecular weight is 346 g/mol. The third-order valence-corrected chi connectivity index (χ3v) is 5.89. The molecule has 0 spiro atoms. The second-order valence-corrected chi connectivity index (χ2v) is 7.48. The average Bonchev–Trinajstić information content (AvgIpc) is 3.15. The van der Waals surface area contributed by atoms with E-state index in [-0.39, 0.29) is 18.1 Å². The number of piperidine rings is 1. The Hall–Kier alpha value is -1.75. The fourth-order valence-electron chi connectivity index (χ4n) is 3.86. The molecule has 0 unspecified atom stereocenters. The Morgan fingerprint density at radius 2 is 2.04 bits per heavy atom. The van der Waals surface area contributed by atoms with Gasteiger partial charge >= 0.3 is 6.03 Å². The van der Waals surface area contributed by atoms with E-state index in [9.17, 15) is 9.90 Å². The Morgan fingerprint density at radius 1 is 1.32 bits per heavy atom. The van der Waals surface area contributed by atoms with E-state index in [1.54, 1.807) is 0 Å². The van der Waals surface area contributed by atoms with Crippen molar-refractivity contribution in [3.05, 3.63) is 24.3 Å². The van der Waals surface area contributed by atoms with Gasteiger partial charge in [0.25, 0.3) is 0 Å². The van der Waals surface area contributed by atoms with Crippen LogP contribution in [0.15, 0.2) is 24.3 Å². The standard InChI is InChI=1S/C20H30N2O3/c1-2-20(15-23)10-12-22(13-11-20)19(24)21-16-6-5-9-18(14-16)25-17-7-3-4-8-17/h5-6,9,14,17,23H,2-4,7-8,10-13,15H2,1H3,(H,21,24). The Bertz CT molecular complexity index is 570. The third kappa shape index (κ3) is 4.46. The molecule has 5 nitrogen and oxygen atoms in total. The van der Waals surface area contributed by atoms with Gasteiger partial charge in [-0.1, -0.05) is 13.0 Å². The van der Waals surface area contributed by atoms with E-state index in [2.05, 4.69) is 12.2 Å². The number of hydrogen-bond acceptors (Lipinski definition) is 3. The summed E-state index contributed by atoms with van der Waals surface area (Å²) in [7, 11) is 0. The largest absolute Gasteiger partial charge is 0.490 e. The van der Waals surface area contributed by atoms with Crippen molar-refractivity contribution in [2.45, 2.75) is 58.0 Å². The molecule has 25 heavy (non-hydrogen) atoms. The van der Waals surface area contributed by atoms with Crippen LogP contribution in [-0.2, 0) is 0 Å². The molecule has 138 valence electrons. The van der Waals surface area contributed by atoms with Crippen LogP contribution in [0, 0.1) is 5.41 Å². The number of aliphatic hydroxyl groups excluding tert-OH is 1. The van der Waals surface area contributed by atoms with E-state index in [0.29, 0.717) is 19.2 Å². The number of amides is 2. The molecular formula is C20H30N2O3. The van der Waals surface area contributed by atoms with Gasteiger partial charge in [0, 0.05) is 31.5 Å². The van der Waals surface area contributed by atoms with Gasteiger partial charge in [-0.25, -0.2) is 4.79 Å². The number of anilines is 1. The van der Waals surface area contributed by atoms with Crippen molar-refractivity contribution < 1.29 is 14.6 Å². The topological polar surface area (TPSA) is 61.8 Å². The van der Waals surface area contributed by atoms with Crippen LogP contribution in [0.2, 0.25) is 0 Å². The summed E-state index contributed by atoms with van der Waals surface area (Å²) in [5.41, 5.74) is 0.765. The van der Waals surface area contributed by atoms with Crippen LogP contribution in [-0.4, -0.2) is 41.8 Å². The Kier molecular flexibility index (Phi) is 5.84. The summed E-state index contributed by atoms with van der Waals surface area (Å²) in [5.74, 6) is 0.827. The first kappa shape index (κ1) is 18.1. The molecule has 2 fully saturated rings. The van der Waals surface area contributed by atoms with Gasteiger partial charge < -0.3 is 20.1 Å². The van der Waals surface area contributed by atoms with Gasteiger partial charge in [0.1, 0.15) is 5.75 Å². The molecule has 3 rings (SSSR count). The maximum atomic E-state index is 12.5. The number of rotatable bonds is 5. The van der Waals surface area contributed by atoms with Crippen molar-refractivity contribution >= 4 is 11.7 Å². The first-order valence-corrected chi connectivity index (χ1v) is 9.58. The molecule has 1 aliphatic heterocycles. The number of nitrogens with one attached hydrogen (secondary N) is 1. The smallest absolute Gasteiger partial charge is 0.321 e. The van der Waals surface area contributed by atoms with Crippen LogP contribution >= 0.6 is 0 Å². The Balaban J connectivity index is 1.54. The number of ether oxygens (including phenoxy) is 1. The number of aliphatic hydroxyl groups is 1. The van der Waals surface area contributed by atoms with Crippen molar-refractivity contribution in [3.8, 4) is 5.75 Å². The van der Waals surface area contributed by atoms with E-state index >= 15 is 0 Å². The zero-order valence-corrected chi connectivity index (χ0v) is 15.2. The molecule has 1 aromatic carbocycles. The van der Waals surface area contributed by atoms with Crippen LogP contribution in [0.25, 0.3) is 0 Å². The molecule has 1 aromatic rings. The lowest BCUT2D eigenvalue weighted by molar-refractivity contribution is 0.0542. The van der Waals surface area contributed by atoms with Gasteiger partial charge in [-0.2, -0.15) is 0 Å². The predicted octanol–water partition coefficient (Wildman–Crippen LogP) is 4.02. The monoisotopic (exact) mass is 346 g/mol. The zero-order valence-electron chi connectivity index (χ0n) is 15.2. The fraction of sp³-hybridized carbons (Fsp3) is 0.650. The highest BCUT2D eigenvalue weighted by molar-refractivity contribution is 5.89. The third-order valence-electron chi connectivity index (χ3n) is 5.89. The molecule has 1 aliphatic carbocycles. The van der Waals surface area contributed by atoms with Gasteiger partial charge in [0.2, 0.25) is 0 Å². The highest BCUT2D eigenvalue weighted by Crippen LogP contribution is 2.34. The van der Waals surface area contributed by atoms with Gasteiger partial charge in [-0.05, 0) is 62.5 Å². The van der Waals surface area contributed by atoms with Gasteiger partial charge in [0.15, 0.2) is 0 Å². The van der Waals surface area contributed by atoms with Gasteiger partial charge in [0.05, 0.1) is 6.10 Å². The lowest BCUT2D eigenvalue weighted by Crippen LogP contribution is -2.46. The SMILES string of the molecule is CCC1(CO)CCN(C(=O)Nc2cccc(OC3CCCC3)c2)CC1. The maximum absolute atomic E-state index is 12.5. The lowest BCUT2D eigenvalue weighted by atomic mass is 9.77. The van der Waals surface area contributed by atoms with Crippen LogP contribution in [0.1, 0.15) is 51.9 Å². The number of hydrogen-bond donors (Lipinski definition) is 2. The Labute approximate surface area is 150 Å². The first-order valence-electron chi connectivity index (χ1n) is 9.58. The molecule has 0 aromatic heterocycles. The second kappa shape index (κ2) is 8.09. The van der Waals surface area contributed by atoms with Gasteiger partial charge in [-0.3, -0.25) is 0 Å². The summed E-state index contributed by atoms with van der Waals surface area (Å²) < 4.78 is 6.01. The number of carbonyl (C=O) groups is 1. The van der Waals surface area contributed by atoms with E-state index in [1.807, 2.05) is 29.2 Å². The van der Waals surface area contributed by atoms with Crippen molar-refractivity contribution in [1.29, 1.82) is 0 Å². The van der Waals surface area contributed by atoms with Crippen molar-refractivity contribution in [2.75, 3.05) is 25.0 Å². The summed E-state index contributed by atoms with van der Waals surface area (Å²) in [6.45, 7) is 3.71. The number of benzene rings is 1. The zero-order chi connectivity index (χ0) is 17.7. The van der Waals surface area contributed by atoms with Crippen LogP contribution in [0.5, 0.6) is 5.75 Å². The van der Waals surface area contributed by atoms with Gasteiger partial charge in [-0.15, -0.1) is 0 Å². The molecule has 2 aliphatic rings. The highest BCUT2D eigenvalue weighted by Gasteiger charge is 2.33. The summed E-state index contributed by atoms with van der Waals surface area (Å²) >= 11 is 0. The molecule has 5 heteroatoms. The second-order valence-electron chi connectivity index (χ2n) is 7.48. The van der Waals surface area contributed by atoms with E-state index < -0.39 is 0 Å². The van der Waals surface area contributed by atoms with E-state index in [1.165, 1.54) is 12.8 Å². The normalized spacial score (nSPS) is 20.5. The number of likely N-dealkylation sites (tertiary alicyclic amines) is 1. The molecule has 0 bridgehead atoms. The molecule has 2 amide bonds. The summed E-state index contributed by atoms with van der Waals surface area (Å²) in [4.78, 5) is 14.4. The summed E-state index contributed by atoms with van der Waals surface area (Å²) in [6, 6.07) is 7.61. The van der Waals surface area contributed by atoms with E-state index in [0.717, 1.165) is 43.5 Å². The molecule has 1 saturated carbocycles. The quantitative estimate of drug-likeness (QED) is 0.846. The minimum atomic E-state index is -0.0688. The number of urea groups is 1. The van der Waals surface area contributed by atoms with Crippen LogP contribution in [0.3, 0.4) is 0 Å². The molecule has 1 saturated heterocycles. The molecule has 1 heterocycles. The van der Waals surface area contributed by atoms with Crippen molar-refractivity contribution in [3.63, 3.8) is 0 Å².